The van der Waals surface area contributed by atoms with Crippen molar-refractivity contribution in [2.24, 2.45) is 0 Å². The maximum Gasteiger partial charge on any atom is 0.184 e. The summed E-state index contributed by atoms with van der Waals surface area (Å²) in [6, 6.07) is 8.27. The Hall–Kier alpha value is -2.51. The molecule has 0 aliphatic carbocycles. The summed E-state index contributed by atoms with van der Waals surface area (Å²) in [5.41, 5.74) is 9.93. The summed E-state index contributed by atoms with van der Waals surface area (Å²) < 4.78 is 1.78. The molecule has 5 rings (SSSR count). The van der Waals surface area contributed by atoms with Crippen molar-refractivity contribution in [2.45, 2.75) is 32.9 Å². The molecule has 7 heteroatoms. The van der Waals surface area contributed by atoms with E-state index >= 15 is 0 Å². The van der Waals surface area contributed by atoms with E-state index in [0.717, 1.165) is 40.9 Å². The van der Waals surface area contributed by atoms with E-state index < -0.39 is 0 Å². The van der Waals surface area contributed by atoms with Crippen molar-refractivity contribution in [3.05, 3.63) is 41.0 Å². The molecule has 4 aromatic rings. The van der Waals surface area contributed by atoms with Gasteiger partial charge in [-0.15, -0.1) is 16.4 Å². The highest BCUT2D eigenvalue weighted by Crippen LogP contribution is 2.37. The van der Waals surface area contributed by atoms with Gasteiger partial charge in [-0.2, -0.15) is 0 Å². The Balaban J connectivity index is 1.70. The van der Waals surface area contributed by atoms with E-state index in [2.05, 4.69) is 28.8 Å². The first-order chi connectivity index (χ1) is 12.6. The lowest BCUT2D eigenvalue weighted by Crippen LogP contribution is -2.35. The van der Waals surface area contributed by atoms with E-state index in [0.29, 0.717) is 17.6 Å². The summed E-state index contributed by atoms with van der Waals surface area (Å²) in [4.78, 5) is 14.4. The van der Waals surface area contributed by atoms with Gasteiger partial charge < -0.3 is 5.73 Å². The van der Waals surface area contributed by atoms with Crippen LogP contribution in [0.1, 0.15) is 24.3 Å². The number of nitrogen functional groups attached to an aromatic ring is 1. The zero-order valence-electron chi connectivity index (χ0n) is 14.8. The standard InChI is InChI=1S/C19H20N6S/c1-11(2)24-8-7-13-15(9-24)26-19-16(13)18-22-17(23-25(18)10-21-19)12-5-3-4-6-14(12)20/h3-6,10-11H,7-9,20H2,1-2H3. The fourth-order valence-electron chi connectivity index (χ4n) is 3.67. The fraction of sp³-hybridized carbons (Fsp3) is 0.316. The zero-order valence-corrected chi connectivity index (χ0v) is 15.6. The van der Waals surface area contributed by atoms with Gasteiger partial charge in [-0.1, -0.05) is 12.1 Å². The molecule has 2 N–H and O–H groups in total. The van der Waals surface area contributed by atoms with Gasteiger partial charge in [0.1, 0.15) is 11.2 Å². The van der Waals surface area contributed by atoms with E-state index in [1.165, 1.54) is 10.4 Å². The molecular formula is C19H20N6S. The van der Waals surface area contributed by atoms with Gasteiger partial charge in [0.25, 0.3) is 0 Å². The summed E-state index contributed by atoms with van der Waals surface area (Å²) in [5.74, 6) is 0.650. The van der Waals surface area contributed by atoms with Crippen molar-refractivity contribution in [1.29, 1.82) is 0 Å². The third-order valence-corrected chi connectivity index (χ3v) is 6.26. The Morgan fingerprint density at radius 1 is 1.23 bits per heavy atom. The average molecular weight is 364 g/mol. The topological polar surface area (TPSA) is 72.3 Å². The number of thiophene rings is 1. The summed E-state index contributed by atoms with van der Waals surface area (Å²) in [6.07, 6.45) is 2.79. The quantitative estimate of drug-likeness (QED) is 0.552. The van der Waals surface area contributed by atoms with Crippen LogP contribution < -0.4 is 5.73 Å². The summed E-state index contributed by atoms with van der Waals surface area (Å²) in [7, 11) is 0. The van der Waals surface area contributed by atoms with Crippen molar-refractivity contribution in [3.8, 4) is 11.4 Å². The van der Waals surface area contributed by atoms with Crippen LogP contribution in [0, 0.1) is 0 Å². The maximum absolute atomic E-state index is 6.11. The van der Waals surface area contributed by atoms with Crippen molar-refractivity contribution < 1.29 is 0 Å². The molecule has 3 aromatic heterocycles. The molecule has 1 aromatic carbocycles. The molecular weight excluding hydrogens is 344 g/mol. The minimum Gasteiger partial charge on any atom is -0.398 e. The highest BCUT2D eigenvalue weighted by Gasteiger charge is 2.25. The Bertz CT molecular complexity index is 1130. The third kappa shape index (κ3) is 2.31. The smallest absolute Gasteiger partial charge is 0.184 e. The fourth-order valence-corrected chi connectivity index (χ4v) is 4.87. The molecule has 0 amide bonds. The lowest BCUT2D eigenvalue weighted by molar-refractivity contribution is 0.206. The number of fused-ring (bicyclic) bond motifs is 5. The predicted molar refractivity (Wildman–Crippen MR) is 105 cm³/mol. The minimum atomic E-state index is 0.557. The van der Waals surface area contributed by atoms with Crippen molar-refractivity contribution >= 4 is 32.9 Å². The monoisotopic (exact) mass is 364 g/mol. The predicted octanol–water partition coefficient (Wildman–Crippen LogP) is 3.35. The van der Waals surface area contributed by atoms with Crippen LogP contribution in [-0.2, 0) is 13.0 Å². The van der Waals surface area contributed by atoms with Gasteiger partial charge in [-0.05, 0) is 38.0 Å². The second-order valence-electron chi connectivity index (χ2n) is 7.03. The van der Waals surface area contributed by atoms with Crippen molar-refractivity contribution in [2.75, 3.05) is 12.3 Å². The van der Waals surface area contributed by atoms with Crippen LogP contribution in [0.2, 0.25) is 0 Å². The van der Waals surface area contributed by atoms with Gasteiger partial charge in [0.15, 0.2) is 11.5 Å². The molecule has 26 heavy (non-hydrogen) atoms. The van der Waals surface area contributed by atoms with Crippen LogP contribution in [0.15, 0.2) is 30.6 Å². The molecule has 0 spiro atoms. The van der Waals surface area contributed by atoms with E-state index in [1.807, 2.05) is 24.3 Å². The van der Waals surface area contributed by atoms with E-state index in [1.54, 1.807) is 22.2 Å². The number of hydrogen-bond donors (Lipinski definition) is 1. The molecule has 0 saturated carbocycles. The van der Waals surface area contributed by atoms with Gasteiger partial charge in [-0.25, -0.2) is 14.5 Å². The molecule has 0 saturated heterocycles. The first kappa shape index (κ1) is 15.7. The third-order valence-electron chi connectivity index (χ3n) is 5.14. The van der Waals surface area contributed by atoms with E-state index in [4.69, 9.17) is 10.7 Å². The maximum atomic E-state index is 6.11. The molecule has 0 bridgehead atoms. The number of anilines is 1. The van der Waals surface area contributed by atoms with E-state index in [-0.39, 0.29) is 0 Å². The first-order valence-electron chi connectivity index (χ1n) is 8.86. The molecule has 0 atom stereocenters. The Morgan fingerprint density at radius 2 is 2.08 bits per heavy atom. The molecule has 4 heterocycles. The highest BCUT2D eigenvalue weighted by atomic mass is 32.1. The Morgan fingerprint density at radius 3 is 2.88 bits per heavy atom. The van der Waals surface area contributed by atoms with Crippen LogP contribution in [0.4, 0.5) is 5.69 Å². The molecule has 1 aliphatic heterocycles. The molecule has 0 fully saturated rings. The normalized spacial score (nSPS) is 15.2. The van der Waals surface area contributed by atoms with Crippen LogP contribution in [0.25, 0.3) is 27.3 Å². The molecule has 132 valence electrons. The van der Waals surface area contributed by atoms with Crippen LogP contribution in [0.5, 0.6) is 0 Å². The first-order valence-corrected chi connectivity index (χ1v) is 9.68. The molecule has 1 aliphatic rings. The number of aromatic nitrogens is 4. The molecule has 0 unspecified atom stereocenters. The number of benzene rings is 1. The summed E-state index contributed by atoms with van der Waals surface area (Å²) in [5, 5.41) is 5.78. The van der Waals surface area contributed by atoms with Gasteiger partial charge >= 0.3 is 0 Å². The minimum absolute atomic E-state index is 0.557. The number of rotatable bonds is 2. The van der Waals surface area contributed by atoms with Crippen LogP contribution in [0.3, 0.4) is 0 Å². The SMILES string of the molecule is CC(C)N1CCc2c(sc3ncn4nc(-c5ccccc5N)nc4c23)C1. The second-order valence-corrected chi connectivity index (χ2v) is 8.12. The second kappa shape index (κ2) is 5.75. The largest absolute Gasteiger partial charge is 0.398 e. The van der Waals surface area contributed by atoms with Gasteiger partial charge in [0, 0.05) is 35.3 Å². The van der Waals surface area contributed by atoms with Crippen LogP contribution >= 0.6 is 11.3 Å². The van der Waals surface area contributed by atoms with E-state index in [9.17, 15) is 0 Å². The Labute approximate surface area is 155 Å². The van der Waals surface area contributed by atoms with Gasteiger partial charge in [0.05, 0.1) is 5.39 Å². The summed E-state index contributed by atoms with van der Waals surface area (Å²) in [6.45, 7) is 6.57. The number of hydrogen-bond acceptors (Lipinski definition) is 6. The number of para-hydroxylation sites is 1. The van der Waals surface area contributed by atoms with Crippen LogP contribution in [-0.4, -0.2) is 37.1 Å². The number of nitrogens with zero attached hydrogens (tertiary/aromatic N) is 5. The lowest BCUT2D eigenvalue weighted by atomic mass is 10.0. The zero-order chi connectivity index (χ0) is 17.8. The molecule has 0 radical (unpaired) electrons. The van der Waals surface area contributed by atoms with Gasteiger partial charge in [0.2, 0.25) is 0 Å². The lowest BCUT2D eigenvalue weighted by Gasteiger charge is -2.30. The summed E-state index contributed by atoms with van der Waals surface area (Å²) >= 11 is 1.79. The number of nitrogens with two attached hydrogens (primary N) is 1. The molecule has 6 nitrogen and oxygen atoms in total. The van der Waals surface area contributed by atoms with Crippen molar-refractivity contribution in [3.63, 3.8) is 0 Å². The Kier molecular flexibility index (Phi) is 3.48. The average Bonchev–Trinajstić information content (AvgIpc) is 3.21. The van der Waals surface area contributed by atoms with Crippen molar-refractivity contribution in [1.82, 2.24) is 24.5 Å². The highest BCUT2D eigenvalue weighted by molar-refractivity contribution is 7.19. The van der Waals surface area contributed by atoms with Gasteiger partial charge in [-0.3, -0.25) is 4.90 Å².